The first kappa shape index (κ1) is 12.4. The second kappa shape index (κ2) is 4.49. The van der Waals surface area contributed by atoms with Gasteiger partial charge in [-0.15, -0.1) is 5.10 Å². The molecule has 2 aromatic rings. The van der Waals surface area contributed by atoms with E-state index in [1.165, 1.54) is 24.0 Å². The molecule has 1 aromatic heterocycles. The van der Waals surface area contributed by atoms with Crippen molar-refractivity contribution in [3.63, 3.8) is 0 Å². The van der Waals surface area contributed by atoms with Gasteiger partial charge in [0.25, 0.3) is 0 Å². The van der Waals surface area contributed by atoms with Crippen molar-refractivity contribution in [3.8, 4) is 0 Å². The summed E-state index contributed by atoms with van der Waals surface area (Å²) in [6.07, 6.45) is 2.39. The second-order valence-corrected chi connectivity index (χ2v) is 5.72. The first-order valence-corrected chi connectivity index (χ1v) is 6.96. The van der Waals surface area contributed by atoms with Gasteiger partial charge in [0.2, 0.25) is 5.95 Å². The second-order valence-electron chi connectivity index (χ2n) is 5.33. The molecule has 3 rings (SSSR count). The maximum absolute atomic E-state index is 5.33. The SMILES string of the molecule is Cc1cc(C)cc(N(C)c2n[nH]c(=S)n2C2CC2)c1. The topological polar surface area (TPSA) is 36.9 Å². The van der Waals surface area contributed by atoms with Crippen LogP contribution in [0.15, 0.2) is 18.2 Å². The average molecular weight is 274 g/mol. The Morgan fingerprint density at radius 1 is 1.26 bits per heavy atom. The molecule has 5 heteroatoms. The molecule has 0 bridgehead atoms. The Bertz CT molecular complexity index is 646. The Kier molecular flexibility index (Phi) is 2.93. The zero-order chi connectivity index (χ0) is 13.6. The van der Waals surface area contributed by atoms with E-state index in [9.17, 15) is 0 Å². The molecule has 1 heterocycles. The van der Waals surface area contributed by atoms with Crippen molar-refractivity contribution in [1.82, 2.24) is 14.8 Å². The highest BCUT2D eigenvalue weighted by molar-refractivity contribution is 7.71. The zero-order valence-electron chi connectivity index (χ0n) is 11.5. The molecular formula is C14H18N4S. The summed E-state index contributed by atoms with van der Waals surface area (Å²) >= 11 is 5.33. The van der Waals surface area contributed by atoms with Crippen LogP contribution in [0.25, 0.3) is 0 Å². The third-order valence-corrected chi connectivity index (χ3v) is 3.78. The van der Waals surface area contributed by atoms with E-state index in [4.69, 9.17) is 12.2 Å². The summed E-state index contributed by atoms with van der Waals surface area (Å²) in [6.45, 7) is 4.23. The minimum Gasteiger partial charge on any atom is -0.314 e. The highest BCUT2D eigenvalue weighted by Gasteiger charge is 2.28. The van der Waals surface area contributed by atoms with Crippen LogP contribution >= 0.6 is 12.2 Å². The van der Waals surface area contributed by atoms with Crippen LogP contribution in [0, 0.1) is 18.6 Å². The Morgan fingerprint density at radius 3 is 2.47 bits per heavy atom. The van der Waals surface area contributed by atoms with Gasteiger partial charge in [0, 0.05) is 18.8 Å². The van der Waals surface area contributed by atoms with Gasteiger partial charge in [-0.1, -0.05) is 6.07 Å². The number of benzene rings is 1. The van der Waals surface area contributed by atoms with Crippen LogP contribution in [-0.2, 0) is 0 Å². The molecule has 1 aliphatic carbocycles. The number of hydrogen-bond donors (Lipinski definition) is 1. The zero-order valence-corrected chi connectivity index (χ0v) is 12.3. The van der Waals surface area contributed by atoms with Crippen molar-refractivity contribution in [3.05, 3.63) is 34.1 Å². The van der Waals surface area contributed by atoms with Gasteiger partial charge < -0.3 is 4.90 Å². The van der Waals surface area contributed by atoms with E-state index in [0.717, 1.165) is 11.6 Å². The van der Waals surface area contributed by atoms with Crippen LogP contribution in [0.3, 0.4) is 0 Å². The monoisotopic (exact) mass is 274 g/mol. The van der Waals surface area contributed by atoms with Gasteiger partial charge in [0.15, 0.2) is 4.77 Å². The van der Waals surface area contributed by atoms with E-state index >= 15 is 0 Å². The Labute approximate surface area is 118 Å². The molecule has 0 unspecified atom stereocenters. The van der Waals surface area contributed by atoms with Crippen molar-refractivity contribution in [1.29, 1.82) is 0 Å². The van der Waals surface area contributed by atoms with Crippen molar-refractivity contribution in [2.24, 2.45) is 0 Å². The summed E-state index contributed by atoms with van der Waals surface area (Å²) in [5.74, 6) is 0.900. The quantitative estimate of drug-likeness (QED) is 0.868. The number of rotatable bonds is 3. The molecular weight excluding hydrogens is 256 g/mol. The molecule has 4 nitrogen and oxygen atoms in total. The fraction of sp³-hybridized carbons (Fsp3) is 0.429. The number of H-pyrrole nitrogens is 1. The molecule has 0 atom stereocenters. The first-order valence-electron chi connectivity index (χ1n) is 6.55. The van der Waals surface area contributed by atoms with Crippen molar-refractivity contribution in [2.45, 2.75) is 32.7 Å². The third-order valence-electron chi connectivity index (χ3n) is 3.49. The van der Waals surface area contributed by atoms with Gasteiger partial charge in [-0.05, 0) is 62.2 Å². The number of nitrogens with one attached hydrogen (secondary N) is 1. The Morgan fingerprint density at radius 2 is 1.89 bits per heavy atom. The largest absolute Gasteiger partial charge is 0.314 e. The molecule has 19 heavy (non-hydrogen) atoms. The van der Waals surface area contributed by atoms with Gasteiger partial charge in [-0.25, -0.2) is 5.10 Å². The highest BCUT2D eigenvalue weighted by atomic mass is 32.1. The smallest absolute Gasteiger partial charge is 0.230 e. The molecule has 0 spiro atoms. The van der Waals surface area contributed by atoms with Gasteiger partial charge in [0.1, 0.15) is 0 Å². The Hall–Kier alpha value is -1.62. The van der Waals surface area contributed by atoms with Crippen LogP contribution in [0.4, 0.5) is 11.6 Å². The average Bonchev–Trinajstić information content (AvgIpc) is 3.10. The fourth-order valence-electron chi connectivity index (χ4n) is 2.45. The summed E-state index contributed by atoms with van der Waals surface area (Å²) in [6, 6.07) is 7.04. The summed E-state index contributed by atoms with van der Waals surface area (Å²) in [5, 5.41) is 7.30. The predicted octanol–water partition coefficient (Wildman–Crippen LogP) is 3.66. The number of nitrogens with zero attached hydrogens (tertiary/aromatic N) is 3. The van der Waals surface area contributed by atoms with Crippen LogP contribution in [-0.4, -0.2) is 21.8 Å². The molecule has 0 aliphatic heterocycles. The van der Waals surface area contributed by atoms with Crippen LogP contribution in [0.1, 0.15) is 30.0 Å². The molecule has 0 saturated heterocycles. The molecule has 1 N–H and O–H groups in total. The summed E-state index contributed by atoms with van der Waals surface area (Å²) in [7, 11) is 2.04. The molecule has 1 fully saturated rings. The van der Waals surface area contributed by atoms with E-state index in [2.05, 4.69) is 51.7 Å². The molecule has 0 radical (unpaired) electrons. The molecule has 0 amide bonds. The number of hydrogen-bond acceptors (Lipinski definition) is 3. The molecule has 1 aromatic carbocycles. The van der Waals surface area contributed by atoms with Crippen molar-refractivity contribution >= 4 is 23.9 Å². The lowest BCUT2D eigenvalue weighted by molar-refractivity contribution is 0.722. The van der Waals surface area contributed by atoms with Gasteiger partial charge in [-0.2, -0.15) is 0 Å². The normalized spacial score (nSPS) is 14.7. The lowest BCUT2D eigenvalue weighted by Crippen LogP contribution is -2.15. The van der Waals surface area contributed by atoms with Crippen molar-refractivity contribution < 1.29 is 0 Å². The van der Waals surface area contributed by atoms with E-state index in [0.29, 0.717) is 10.8 Å². The first-order chi connectivity index (χ1) is 9.06. The van der Waals surface area contributed by atoms with Gasteiger partial charge in [-0.3, -0.25) is 4.57 Å². The molecule has 1 aliphatic rings. The van der Waals surface area contributed by atoms with E-state index < -0.39 is 0 Å². The van der Waals surface area contributed by atoms with E-state index in [1.807, 2.05) is 7.05 Å². The highest BCUT2D eigenvalue weighted by Crippen LogP contribution is 2.38. The predicted molar refractivity (Wildman–Crippen MR) is 79.7 cm³/mol. The van der Waals surface area contributed by atoms with E-state index in [1.54, 1.807) is 0 Å². The fourth-order valence-corrected chi connectivity index (χ4v) is 2.73. The van der Waals surface area contributed by atoms with Gasteiger partial charge in [0.05, 0.1) is 0 Å². The minimum atomic E-state index is 0.523. The van der Waals surface area contributed by atoms with E-state index in [-0.39, 0.29) is 0 Å². The molecule has 100 valence electrons. The van der Waals surface area contributed by atoms with Crippen molar-refractivity contribution in [2.75, 3.05) is 11.9 Å². The van der Waals surface area contributed by atoms with Gasteiger partial charge >= 0.3 is 0 Å². The standard InChI is InChI=1S/C14H18N4S/c1-9-6-10(2)8-12(7-9)17(3)13-15-16-14(19)18(13)11-4-5-11/h6-8,11H,4-5H2,1-3H3,(H,16,19). The summed E-state index contributed by atoms with van der Waals surface area (Å²) in [4.78, 5) is 2.10. The molecule has 1 saturated carbocycles. The van der Waals surface area contributed by atoms with Crippen LogP contribution < -0.4 is 4.90 Å². The number of aryl methyl sites for hydroxylation is 2. The lowest BCUT2D eigenvalue weighted by Gasteiger charge is -2.20. The maximum Gasteiger partial charge on any atom is 0.230 e. The number of anilines is 2. The number of aromatic amines is 1. The lowest BCUT2D eigenvalue weighted by atomic mass is 10.1. The summed E-state index contributed by atoms with van der Waals surface area (Å²) in [5.41, 5.74) is 3.66. The third kappa shape index (κ3) is 2.30. The minimum absolute atomic E-state index is 0.523. The summed E-state index contributed by atoms with van der Waals surface area (Å²) < 4.78 is 2.85. The van der Waals surface area contributed by atoms with Crippen LogP contribution in [0.5, 0.6) is 0 Å². The van der Waals surface area contributed by atoms with Crippen LogP contribution in [0.2, 0.25) is 0 Å². The number of aromatic nitrogens is 3. The Balaban J connectivity index is 2.04. The maximum atomic E-state index is 5.33.